The highest BCUT2D eigenvalue weighted by Crippen LogP contribution is 2.23. The number of hydrogen-bond donors (Lipinski definition) is 0. The van der Waals surface area contributed by atoms with Gasteiger partial charge in [-0.05, 0) is 15.9 Å². The zero-order valence-corrected chi connectivity index (χ0v) is 8.88. The average Bonchev–Trinajstić information content (AvgIpc) is 2.46. The second kappa shape index (κ2) is 3.48. The maximum absolute atomic E-state index is 12.2. The molecule has 0 spiro atoms. The molecule has 0 amide bonds. The molecule has 80 valence electrons. The van der Waals surface area contributed by atoms with E-state index >= 15 is 0 Å². The topological polar surface area (TPSA) is 30.2 Å². The summed E-state index contributed by atoms with van der Waals surface area (Å²) in [7, 11) is 0. The number of rotatable bonds is 1. The molecule has 0 saturated heterocycles. The van der Waals surface area contributed by atoms with Crippen molar-refractivity contribution in [1.29, 1.82) is 0 Å². The molecule has 2 aromatic heterocycles. The van der Waals surface area contributed by atoms with Gasteiger partial charge in [-0.15, -0.1) is 0 Å². The molecule has 2 rings (SSSR count). The first-order valence-electron chi connectivity index (χ1n) is 4.00. The van der Waals surface area contributed by atoms with Crippen LogP contribution in [0.15, 0.2) is 23.2 Å². The minimum atomic E-state index is -4.25. The zero-order valence-electron chi connectivity index (χ0n) is 7.29. The maximum Gasteiger partial charge on any atom is 0.394 e. The molecule has 0 aromatic carbocycles. The number of fused-ring (bicyclic) bond motifs is 1. The summed E-state index contributed by atoms with van der Waals surface area (Å²) in [5, 5.41) is 0. The van der Waals surface area contributed by atoms with Gasteiger partial charge in [0.2, 0.25) is 0 Å². The lowest BCUT2D eigenvalue weighted by molar-refractivity contribution is -0.128. The highest BCUT2D eigenvalue weighted by molar-refractivity contribution is 9.10. The van der Waals surface area contributed by atoms with Gasteiger partial charge in [0.1, 0.15) is 4.60 Å². The minimum absolute atomic E-state index is 0.0596. The van der Waals surface area contributed by atoms with E-state index in [0.717, 1.165) is 0 Å². The van der Waals surface area contributed by atoms with Crippen LogP contribution in [-0.2, 0) is 6.42 Å². The minimum Gasteiger partial charge on any atom is -0.288 e. The third kappa shape index (κ3) is 2.11. The molecule has 7 heteroatoms. The van der Waals surface area contributed by atoms with Crippen LogP contribution in [-0.4, -0.2) is 20.5 Å². The molecule has 0 bridgehead atoms. The SMILES string of the molecule is FC(F)(F)Cc1cncc2ncc(Br)n12. The van der Waals surface area contributed by atoms with E-state index in [1.165, 1.54) is 23.0 Å². The van der Waals surface area contributed by atoms with Crippen LogP contribution in [0.3, 0.4) is 0 Å². The van der Waals surface area contributed by atoms with Gasteiger partial charge in [-0.2, -0.15) is 13.2 Å². The fourth-order valence-electron chi connectivity index (χ4n) is 1.30. The maximum atomic E-state index is 12.2. The fourth-order valence-corrected chi connectivity index (χ4v) is 1.81. The van der Waals surface area contributed by atoms with E-state index in [4.69, 9.17) is 0 Å². The van der Waals surface area contributed by atoms with Crippen molar-refractivity contribution in [3.8, 4) is 0 Å². The van der Waals surface area contributed by atoms with Gasteiger partial charge in [0.15, 0.2) is 5.65 Å². The molecule has 0 N–H and O–H groups in total. The standard InChI is InChI=1S/C8H5BrF3N3/c9-6-3-14-7-4-13-2-5(15(6)7)1-8(10,11)12/h2-4H,1H2. The molecular formula is C8H5BrF3N3. The second-order valence-corrected chi connectivity index (χ2v) is 3.78. The lowest BCUT2D eigenvalue weighted by atomic mass is 10.3. The third-order valence-electron chi connectivity index (χ3n) is 1.83. The molecule has 0 aliphatic rings. The monoisotopic (exact) mass is 279 g/mol. The van der Waals surface area contributed by atoms with E-state index in [1.807, 2.05) is 0 Å². The Morgan fingerprint density at radius 2 is 2.00 bits per heavy atom. The summed E-state index contributed by atoms with van der Waals surface area (Å²) in [5.41, 5.74) is 0.452. The number of alkyl halides is 3. The summed E-state index contributed by atoms with van der Waals surface area (Å²) in [6, 6.07) is 0. The van der Waals surface area contributed by atoms with E-state index in [0.29, 0.717) is 10.3 Å². The molecule has 0 aliphatic carbocycles. The quantitative estimate of drug-likeness (QED) is 0.803. The van der Waals surface area contributed by atoms with Crippen molar-refractivity contribution >= 4 is 21.6 Å². The van der Waals surface area contributed by atoms with E-state index in [9.17, 15) is 13.2 Å². The molecular weight excluding hydrogens is 275 g/mol. The molecule has 0 radical (unpaired) electrons. The summed E-state index contributed by atoms with van der Waals surface area (Å²) in [6.45, 7) is 0. The summed E-state index contributed by atoms with van der Waals surface area (Å²) < 4.78 is 38.6. The molecule has 0 fully saturated rings. The Kier molecular flexibility index (Phi) is 2.41. The van der Waals surface area contributed by atoms with Gasteiger partial charge >= 0.3 is 6.18 Å². The van der Waals surface area contributed by atoms with Crippen LogP contribution in [0.2, 0.25) is 0 Å². The molecule has 2 aromatic rings. The zero-order chi connectivity index (χ0) is 11.1. The van der Waals surface area contributed by atoms with Crippen LogP contribution in [0.25, 0.3) is 5.65 Å². The summed E-state index contributed by atoms with van der Waals surface area (Å²) in [5.74, 6) is 0. The summed E-state index contributed by atoms with van der Waals surface area (Å²) in [6.07, 6.45) is -1.24. The summed E-state index contributed by atoms with van der Waals surface area (Å²) in [4.78, 5) is 7.60. The number of imidazole rings is 1. The van der Waals surface area contributed by atoms with Crippen molar-refractivity contribution in [1.82, 2.24) is 14.4 Å². The molecule has 0 atom stereocenters. The first-order valence-corrected chi connectivity index (χ1v) is 4.79. The molecule has 15 heavy (non-hydrogen) atoms. The van der Waals surface area contributed by atoms with Crippen LogP contribution >= 0.6 is 15.9 Å². The molecule has 0 unspecified atom stereocenters. The van der Waals surface area contributed by atoms with Crippen molar-refractivity contribution in [2.24, 2.45) is 0 Å². The van der Waals surface area contributed by atoms with Crippen molar-refractivity contribution in [2.45, 2.75) is 12.6 Å². The lowest BCUT2D eigenvalue weighted by Crippen LogP contribution is -2.14. The largest absolute Gasteiger partial charge is 0.394 e. The van der Waals surface area contributed by atoms with E-state index in [-0.39, 0.29) is 5.69 Å². The normalized spacial score (nSPS) is 12.3. The first-order chi connectivity index (χ1) is 6.97. The van der Waals surface area contributed by atoms with Crippen molar-refractivity contribution in [2.75, 3.05) is 0 Å². The van der Waals surface area contributed by atoms with Crippen LogP contribution in [0.1, 0.15) is 5.69 Å². The lowest BCUT2D eigenvalue weighted by Gasteiger charge is -2.08. The summed E-state index contributed by atoms with van der Waals surface area (Å²) >= 11 is 3.13. The van der Waals surface area contributed by atoms with Crippen LogP contribution < -0.4 is 0 Å². The highest BCUT2D eigenvalue weighted by atomic mass is 79.9. The van der Waals surface area contributed by atoms with Gasteiger partial charge in [0.05, 0.1) is 24.5 Å². The Balaban J connectivity index is 2.55. The smallest absolute Gasteiger partial charge is 0.288 e. The number of hydrogen-bond acceptors (Lipinski definition) is 2. The molecule has 2 heterocycles. The Morgan fingerprint density at radius 1 is 1.27 bits per heavy atom. The Hall–Kier alpha value is -1.11. The van der Waals surface area contributed by atoms with Gasteiger partial charge in [0.25, 0.3) is 0 Å². The van der Waals surface area contributed by atoms with Gasteiger partial charge in [-0.3, -0.25) is 9.38 Å². The van der Waals surface area contributed by atoms with Gasteiger partial charge in [0, 0.05) is 6.20 Å². The van der Waals surface area contributed by atoms with Crippen LogP contribution in [0.5, 0.6) is 0 Å². The van der Waals surface area contributed by atoms with E-state index in [2.05, 4.69) is 25.9 Å². The number of aromatic nitrogens is 3. The van der Waals surface area contributed by atoms with E-state index in [1.54, 1.807) is 0 Å². The first kappa shape index (κ1) is 10.4. The van der Waals surface area contributed by atoms with Crippen molar-refractivity contribution in [3.05, 3.63) is 28.9 Å². The van der Waals surface area contributed by atoms with Gasteiger partial charge < -0.3 is 0 Å². The molecule has 3 nitrogen and oxygen atoms in total. The Bertz CT molecular complexity index is 491. The number of halogens is 4. The Labute approximate surface area is 91.1 Å². The predicted octanol–water partition coefficient (Wildman–Crippen LogP) is 2.60. The van der Waals surface area contributed by atoms with Crippen molar-refractivity contribution < 1.29 is 13.2 Å². The average molecular weight is 280 g/mol. The molecule has 0 saturated carbocycles. The van der Waals surface area contributed by atoms with Crippen LogP contribution in [0.4, 0.5) is 13.2 Å². The van der Waals surface area contributed by atoms with Crippen molar-refractivity contribution in [3.63, 3.8) is 0 Å². The number of nitrogens with zero attached hydrogens (tertiary/aromatic N) is 3. The predicted molar refractivity (Wildman–Crippen MR) is 50.4 cm³/mol. The fraction of sp³-hybridized carbons (Fsp3) is 0.250. The highest BCUT2D eigenvalue weighted by Gasteiger charge is 2.29. The Morgan fingerprint density at radius 3 is 2.67 bits per heavy atom. The van der Waals surface area contributed by atoms with E-state index < -0.39 is 12.6 Å². The van der Waals surface area contributed by atoms with Gasteiger partial charge in [-0.1, -0.05) is 0 Å². The second-order valence-electron chi connectivity index (χ2n) is 2.97. The molecule has 0 aliphatic heterocycles. The van der Waals surface area contributed by atoms with Crippen LogP contribution in [0, 0.1) is 0 Å². The van der Waals surface area contributed by atoms with Gasteiger partial charge in [-0.25, -0.2) is 4.98 Å². The third-order valence-corrected chi connectivity index (χ3v) is 2.39.